The molecule has 1 rings (SSSR count). The molecular formula is C6H5BrClNOS. The summed E-state index contributed by atoms with van der Waals surface area (Å²) < 4.78 is 0.944. The van der Waals surface area contributed by atoms with Gasteiger partial charge in [-0.3, -0.25) is 4.79 Å². The lowest BCUT2D eigenvalue weighted by molar-refractivity contribution is -0.117. The summed E-state index contributed by atoms with van der Waals surface area (Å²) in [5.74, 6) is -0.513. The Hall–Kier alpha value is -0.0600. The molecule has 0 fully saturated rings. The molecular weight excluding hydrogens is 249 g/mol. The number of hydrogen-bond acceptors (Lipinski definition) is 2. The first kappa shape index (κ1) is 9.03. The molecule has 1 unspecified atom stereocenters. The van der Waals surface area contributed by atoms with Gasteiger partial charge in [-0.2, -0.15) is 0 Å². The molecule has 2 N–H and O–H groups in total. The molecule has 5 heteroatoms. The summed E-state index contributed by atoms with van der Waals surface area (Å²) in [6.07, 6.45) is 0. The van der Waals surface area contributed by atoms with Crippen LogP contribution in [-0.2, 0) is 4.79 Å². The summed E-state index contributed by atoms with van der Waals surface area (Å²) in [6.45, 7) is 0. The van der Waals surface area contributed by atoms with E-state index in [-0.39, 0.29) is 0 Å². The van der Waals surface area contributed by atoms with Gasteiger partial charge in [0, 0.05) is 4.88 Å². The van der Waals surface area contributed by atoms with E-state index in [1.54, 1.807) is 6.07 Å². The molecule has 0 saturated carbocycles. The summed E-state index contributed by atoms with van der Waals surface area (Å²) >= 11 is 10.3. The van der Waals surface area contributed by atoms with Crippen molar-refractivity contribution in [3.63, 3.8) is 0 Å². The zero-order valence-corrected chi connectivity index (χ0v) is 8.54. The van der Waals surface area contributed by atoms with Crippen LogP contribution in [0.1, 0.15) is 10.3 Å². The predicted octanol–water partition coefficient (Wildman–Crippen LogP) is 2.28. The molecule has 0 spiro atoms. The molecule has 0 aromatic carbocycles. The summed E-state index contributed by atoms with van der Waals surface area (Å²) in [5.41, 5.74) is 5.00. The van der Waals surface area contributed by atoms with Crippen LogP contribution in [0, 0.1) is 0 Å². The fourth-order valence-electron chi connectivity index (χ4n) is 0.605. The Morgan fingerprint density at radius 2 is 2.36 bits per heavy atom. The van der Waals surface area contributed by atoms with E-state index in [0.717, 1.165) is 8.66 Å². The molecule has 0 aliphatic heterocycles. The van der Waals surface area contributed by atoms with Gasteiger partial charge in [-0.05, 0) is 28.1 Å². The first-order valence-electron chi connectivity index (χ1n) is 2.80. The second-order valence-corrected chi connectivity index (χ2v) is 4.84. The van der Waals surface area contributed by atoms with E-state index in [0.29, 0.717) is 0 Å². The molecule has 0 aliphatic rings. The van der Waals surface area contributed by atoms with Crippen molar-refractivity contribution < 1.29 is 4.79 Å². The topological polar surface area (TPSA) is 43.1 Å². The molecule has 0 bridgehead atoms. The van der Waals surface area contributed by atoms with Gasteiger partial charge in [0.25, 0.3) is 0 Å². The van der Waals surface area contributed by atoms with Gasteiger partial charge in [-0.15, -0.1) is 22.9 Å². The Bertz CT molecular complexity index is 275. The normalized spacial score (nSPS) is 12.9. The average Bonchev–Trinajstić information content (AvgIpc) is 2.34. The Balaban J connectivity index is 2.84. The van der Waals surface area contributed by atoms with Gasteiger partial charge in [-0.1, -0.05) is 0 Å². The highest BCUT2D eigenvalue weighted by molar-refractivity contribution is 9.11. The third-order valence-electron chi connectivity index (χ3n) is 1.09. The lowest BCUT2D eigenvalue weighted by Crippen LogP contribution is -2.15. The molecule has 1 aromatic heterocycles. The minimum absolute atomic E-state index is 0.513. The first-order chi connectivity index (χ1) is 5.11. The van der Waals surface area contributed by atoms with Gasteiger partial charge in [0.2, 0.25) is 5.91 Å². The second kappa shape index (κ2) is 3.56. The monoisotopic (exact) mass is 253 g/mol. The van der Waals surface area contributed by atoms with Gasteiger partial charge in [0.15, 0.2) is 0 Å². The maximum atomic E-state index is 10.6. The fourth-order valence-corrected chi connectivity index (χ4v) is 2.22. The number of rotatable bonds is 2. The van der Waals surface area contributed by atoms with Crippen molar-refractivity contribution in [2.45, 2.75) is 5.38 Å². The van der Waals surface area contributed by atoms with Crippen LogP contribution < -0.4 is 5.73 Å². The lowest BCUT2D eigenvalue weighted by Gasteiger charge is -1.98. The van der Waals surface area contributed by atoms with Crippen LogP contribution >= 0.6 is 38.9 Å². The van der Waals surface area contributed by atoms with Crippen molar-refractivity contribution in [3.05, 3.63) is 20.8 Å². The van der Waals surface area contributed by atoms with E-state index < -0.39 is 11.3 Å². The molecule has 0 aliphatic carbocycles. The molecule has 0 saturated heterocycles. The standard InChI is InChI=1S/C6H5BrClNOS/c7-4-2-1-3(11-4)5(8)6(9)10/h1-2,5H,(H2,9,10). The Labute approximate surface area is 81.5 Å². The van der Waals surface area contributed by atoms with Crippen LogP contribution in [0.15, 0.2) is 15.9 Å². The summed E-state index contributed by atoms with van der Waals surface area (Å²) in [7, 11) is 0. The summed E-state index contributed by atoms with van der Waals surface area (Å²) in [6, 6.07) is 3.61. The minimum atomic E-state index is -0.703. The lowest BCUT2D eigenvalue weighted by atomic mass is 10.3. The zero-order valence-electron chi connectivity index (χ0n) is 5.38. The Morgan fingerprint density at radius 1 is 1.73 bits per heavy atom. The Kier molecular flexibility index (Phi) is 2.92. The third-order valence-corrected chi connectivity index (χ3v) is 3.36. The number of nitrogens with two attached hydrogens (primary N) is 1. The highest BCUT2D eigenvalue weighted by atomic mass is 79.9. The van der Waals surface area contributed by atoms with E-state index >= 15 is 0 Å². The predicted molar refractivity (Wildman–Crippen MR) is 49.8 cm³/mol. The van der Waals surface area contributed by atoms with Crippen LogP contribution in [0.2, 0.25) is 0 Å². The number of primary amides is 1. The number of amides is 1. The van der Waals surface area contributed by atoms with Gasteiger partial charge >= 0.3 is 0 Å². The highest BCUT2D eigenvalue weighted by Gasteiger charge is 2.15. The number of carbonyl (C=O) groups excluding carboxylic acids is 1. The smallest absolute Gasteiger partial charge is 0.240 e. The van der Waals surface area contributed by atoms with Crippen LogP contribution in [0.3, 0.4) is 0 Å². The minimum Gasteiger partial charge on any atom is -0.368 e. The molecule has 1 heterocycles. The van der Waals surface area contributed by atoms with Gasteiger partial charge in [0.05, 0.1) is 3.79 Å². The fraction of sp³-hybridized carbons (Fsp3) is 0.167. The molecule has 1 aromatic rings. The molecule has 1 amide bonds. The summed E-state index contributed by atoms with van der Waals surface area (Å²) in [5, 5.41) is -0.703. The maximum absolute atomic E-state index is 10.6. The number of halogens is 2. The molecule has 2 nitrogen and oxygen atoms in total. The van der Waals surface area contributed by atoms with Gasteiger partial charge in [0.1, 0.15) is 5.38 Å². The van der Waals surface area contributed by atoms with E-state index in [9.17, 15) is 4.79 Å². The SMILES string of the molecule is NC(=O)C(Cl)c1ccc(Br)s1. The third kappa shape index (κ3) is 2.18. The summed E-state index contributed by atoms with van der Waals surface area (Å²) in [4.78, 5) is 11.4. The van der Waals surface area contributed by atoms with Crippen molar-refractivity contribution in [2.75, 3.05) is 0 Å². The number of alkyl halides is 1. The van der Waals surface area contributed by atoms with Gasteiger partial charge in [-0.25, -0.2) is 0 Å². The average molecular weight is 255 g/mol. The first-order valence-corrected chi connectivity index (χ1v) is 4.84. The maximum Gasteiger partial charge on any atom is 0.240 e. The van der Waals surface area contributed by atoms with Gasteiger partial charge < -0.3 is 5.73 Å². The zero-order chi connectivity index (χ0) is 8.43. The number of hydrogen-bond donors (Lipinski definition) is 1. The van der Waals surface area contributed by atoms with E-state index in [2.05, 4.69) is 15.9 Å². The van der Waals surface area contributed by atoms with Crippen molar-refractivity contribution in [2.24, 2.45) is 5.73 Å². The molecule has 60 valence electrons. The van der Waals surface area contributed by atoms with Crippen molar-refractivity contribution in [3.8, 4) is 0 Å². The van der Waals surface area contributed by atoms with Crippen LogP contribution in [0.4, 0.5) is 0 Å². The second-order valence-electron chi connectivity index (χ2n) is 1.91. The number of thiophene rings is 1. The quantitative estimate of drug-likeness (QED) is 0.809. The van der Waals surface area contributed by atoms with E-state index in [1.807, 2.05) is 6.07 Å². The van der Waals surface area contributed by atoms with Crippen LogP contribution in [-0.4, -0.2) is 5.91 Å². The van der Waals surface area contributed by atoms with Crippen molar-refractivity contribution in [1.82, 2.24) is 0 Å². The largest absolute Gasteiger partial charge is 0.368 e. The van der Waals surface area contributed by atoms with E-state index in [4.69, 9.17) is 17.3 Å². The Morgan fingerprint density at radius 3 is 2.73 bits per heavy atom. The molecule has 11 heavy (non-hydrogen) atoms. The number of carbonyl (C=O) groups is 1. The highest BCUT2D eigenvalue weighted by Crippen LogP contribution is 2.30. The van der Waals surface area contributed by atoms with Crippen LogP contribution in [0.25, 0.3) is 0 Å². The van der Waals surface area contributed by atoms with E-state index in [1.165, 1.54) is 11.3 Å². The molecule has 0 radical (unpaired) electrons. The van der Waals surface area contributed by atoms with Crippen LogP contribution in [0.5, 0.6) is 0 Å². The van der Waals surface area contributed by atoms with Crippen molar-refractivity contribution in [1.29, 1.82) is 0 Å². The van der Waals surface area contributed by atoms with Crippen molar-refractivity contribution >= 4 is 44.8 Å². The molecule has 1 atom stereocenters.